The van der Waals surface area contributed by atoms with Crippen molar-refractivity contribution in [3.05, 3.63) is 118 Å². The van der Waals surface area contributed by atoms with Gasteiger partial charge in [0.15, 0.2) is 11.6 Å². The van der Waals surface area contributed by atoms with Crippen LogP contribution in [0.5, 0.6) is 0 Å². The number of likely N-dealkylation sites (tertiary alicyclic amines) is 1. The third kappa shape index (κ3) is 7.35. The van der Waals surface area contributed by atoms with Crippen molar-refractivity contribution in [2.75, 3.05) is 13.2 Å². The summed E-state index contributed by atoms with van der Waals surface area (Å²) in [6.45, 7) is 8.94. The van der Waals surface area contributed by atoms with Crippen LogP contribution in [-0.2, 0) is 28.9 Å². The summed E-state index contributed by atoms with van der Waals surface area (Å²) < 4.78 is 43.0. The fourth-order valence-corrected chi connectivity index (χ4v) is 5.62. The molecule has 2 aromatic carbocycles. The van der Waals surface area contributed by atoms with E-state index in [1.807, 2.05) is 82.3 Å². The lowest BCUT2D eigenvalue weighted by Crippen LogP contribution is -2.35. The predicted molar refractivity (Wildman–Crippen MR) is 166 cm³/mol. The second-order valence-corrected chi connectivity index (χ2v) is 11.2. The minimum absolute atomic E-state index is 0.143. The first-order valence-corrected chi connectivity index (χ1v) is 14.9. The van der Waals surface area contributed by atoms with Gasteiger partial charge in [-0.3, -0.25) is 4.90 Å². The number of rotatable bonds is 8. The molecule has 228 valence electrons. The zero-order valence-electron chi connectivity index (χ0n) is 25.6. The summed E-state index contributed by atoms with van der Waals surface area (Å²) in [4.78, 5) is 19.3. The van der Waals surface area contributed by atoms with Crippen LogP contribution in [0.3, 0.4) is 0 Å². The van der Waals surface area contributed by atoms with Crippen molar-refractivity contribution in [3.8, 4) is 17.7 Å². The number of carbonyl (C=O) groups excluding carboxylic acids is 1. The SMILES string of the molecule is CCO[C@@H]1C[C@H](C#Cc2cc(F)c(F)c(CCc3cc(C)cc(-n4c(C)ccc4C)n3)c2)N(C(=O)OCc2ccccc2)C1. The number of carbonyl (C=O) groups is 1. The second kappa shape index (κ2) is 13.9. The summed E-state index contributed by atoms with van der Waals surface area (Å²) in [6.07, 6.45) is 0.512. The third-order valence-electron chi connectivity index (χ3n) is 7.75. The van der Waals surface area contributed by atoms with Crippen LogP contribution in [0.25, 0.3) is 5.82 Å². The van der Waals surface area contributed by atoms with E-state index in [1.165, 1.54) is 0 Å². The van der Waals surface area contributed by atoms with Gasteiger partial charge in [-0.2, -0.15) is 0 Å². The average Bonchev–Trinajstić information content (AvgIpc) is 3.57. The monoisotopic (exact) mass is 597 g/mol. The molecule has 6 nitrogen and oxygen atoms in total. The minimum Gasteiger partial charge on any atom is -0.445 e. The highest BCUT2D eigenvalue weighted by atomic mass is 19.2. The molecule has 0 unspecified atom stereocenters. The highest BCUT2D eigenvalue weighted by molar-refractivity contribution is 5.69. The number of hydrogen-bond donors (Lipinski definition) is 0. The molecule has 0 N–H and O–H groups in total. The Morgan fingerprint density at radius 1 is 1.00 bits per heavy atom. The van der Waals surface area contributed by atoms with E-state index in [0.717, 1.165) is 40.1 Å². The summed E-state index contributed by atoms with van der Waals surface area (Å²) in [5.41, 5.74) is 5.43. The fourth-order valence-electron chi connectivity index (χ4n) is 5.62. The van der Waals surface area contributed by atoms with Crippen molar-refractivity contribution >= 4 is 6.09 Å². The summed E-state index contributed by atoms with van der Waals surface area (Å²) >= 11 is 0. The van der Waals surface area contributed by atoms with Crippen molar-refractivity contribution in [1.82, 2.24) is 14.5 Å². The highest BCUT2D eigenvalue weighted by Crippen LogP contribution is 2.23. The van der Waals surface area contributed by atoms with E-state index in [1.54, 1.807) is 11.0 Å². The van der Waals surface area contributed by atoms with Crippen LogP contribution in [0.15, 0.2) is 66.7 Å². The van der Waals surface area contributed by atoms with E-state index in [4.69, 9.17) is 14.5 Å². The Morgan fingerprint density at radius 2 is 1.75 bits per heavy atom. The topological polar surface area (TPSA) is 56.6 Å². The first-order chi connectivity index (χ1) is 21.2. The Kier molecular flexibility index (Phi) is 9.76. The van der Waals surface area contributed by atoms with Gasteiger partial charge in [-0.1, -0.05) is 42.2 Å². The van der Waals surface area contributed by atoms with E-state index >= 15 is 0 Å². The lowest BCUT2D eigenvalue weighted by atomic mass is 10.0. The van der Waals surface area contributed by atoms with Gasteiger partial charge in [0.2, 0.25) is 0 Å². The van der Waals surface area contributed by atoms with Crippen LogP contribution in [0.4, 0.5) is 13.6 Å². The van der Waals surface area contributed by atoms with Gasteiger partial charge >= 0.3 is 6.09 Å². The third-order valence-corrected chi connectivity index (χ3v) is 7.75. The first-order valence-electron chi connectivity index (χ1n) is 14.9. The number of ether oxygens (including phenoxy) is 2. The van der Waals surface area contributed by atoms with Gasteiger partial charge in [-0.05, 0) is 93.6 Å². The van der Waals surface area contributed by atoms with Crippen LogP contribution in [0, 0.1) is 44.2 Å². The zero-order valence-corrected chi connectivity index (χ0v) is 25.6. The molecular formula is C36H37F2N3O3. The number of benzene rings is 2. The Morgan fingerprint density at radius 3 is 2.48 bits per heavy atom. The van der Waals surface area contributed by atoms with Crippen molar-refractivity contribution in [2.45, 2.75) is 65.7 Å². The fraction of sp³-hybridized carbons (Fsp3) is 0.333. The quantitative estimate of drug-likeness (QED) is 0.205. The predicted octanol–water partition coefficient (Wildman–Crippen LogP) is 7.03. The molecule has 4 aromatic rings. The Bertz CT molecular complexity index is 1670. The first kappa shape index (κ1) is 31.0. The van der Waals surface area contributed by atoms with E-state index in [2.05, 4.69) is 16.4 Å². The number of aromatic nitrogens is 2. The van der Waals surface area contributed by atoms with Gasteiger partial charge in [-0.25, -0.2) is 18.6 Å². The molecule has 5 rings (SSSR count). The molecule has 44 heavy (non-hydrogen) atoms. The summed E-state index contributed by atoms with van der Waals surface area (Å²) in [5, 5.41) is 0. The van der Waals surface area contributed by atoms with E-state index in [-0.39, 0.29) is 24.7 Å². The molecule has 0 saturated carbocycles. The summed E-state index contributed by atoms with van der Waals surface area (Å²) in [5.74, 6) is 5.04. The van der Waals surface area contributed by atoms with Crippen LogP contribution in [0.2, 0.25) is 0 Å². The second-order valence-electron chi connectivity index (χ2n) is 11.2. The molecule has 0 radical (unpaired) electrons. The number of hydrogen-bond acceptors (Lipinski definition) is 4. The average molecular weight is 598 g/mol. The normalized spacial score (nSPS) is 16.1. The van der Waals surface area contributed by atoms with Crippen LogP contribution >= 0.6 is 0 Å². The molecule has 1 aliphatic rings. The van der Waals surface area contributed by atoms with Crippen LogP contribution < -0.4 is 0 Å². The number of nitrogens with zero attached hydrogens (tertiary/aromatic N) is 3. The molecule has 1 amide bonds. The van der Waals surface area contributed by atoms with Crippen molar-refractivity contribution in [1.29, 1.82) is 0 Å². The summed E-state index contributed by atoms with van der Waals surface area (Å²) in [7, 11) is 0. The maximum absolute atomic E-state index is 14.9. The van der Waals surface area contributed by atoms with Gasteiger partial charge in [0.25, 0.3) is 0 Å². The molecule has 0 aliphatic carbocycles. The Balaban J connectivity index is 1.32. The van der Waals surface area contributed by atoms with Gasteiger partial charge in [0.05, 0.1) is 18.7 Å². The minimum atomic E-state index is -0.957. The molecule has 3 heterocycles. The van der Waals surface area contributed by atoms with Crippen LogP contribution in [0.1, 0.15) is 52.7 Å². The molecule has 0 bridgehead atoms. The molecule has 1 saturated heterocycles. The molecule has 2 atom stereocenters. The van der Waals surface area contributed by atoms with Crippen LogP contribution in [-0.4, -0.2) is 45.8 Å². The van der Waals surface area contributed by atoms with Crippen molar-refractivity contribution < 1.29 is 23.0 Å². The Labute approximate surface area is 257 Å². The molecule has 8 heteroatoms. The maximum atomic E-state index is 14.9. The Hall–Kier alpha value is -4.48. The number of aryl methyl sites for hydroxylation is 5. The largest absolute Gasteiger partial charge is 0.445 e. The molecule has 0 spiro atoms. The van der Waals surface area contributed by atoms with Crippen molar-refractivity contribution in [3.63, 3.8) is 0 Å². The lowest BCUT2D eigenvalue weighted by Gasteiger charge is -2.20. The standard InChI is InChI=1S/C36H37F2N3O3/c1-5-43-32-21-31(40(22-32)36(42)44-23-27-9-7-6-8-10-27)16-13-28-19-29(35(38)33(37)20-28)14-15-30-17-24(2)18-34(39-30)41-25(3)11-12-26(41)4/h6-12,17-20,31-32H,5,14-15,21-23H2,1-4H3/t31-,32+/m0/s1. The highest BCUT2D eigenvalue weighted by Gasteiger charge is 2.35. The maximum Gasteiger partial charge on any atom is 0.411 e. The van der Waals surface area contributed by atoms with Gasteiger partial charge in [0, 0.05) is 35.7 Å². The molecule has 1 fully saturated rings. The zero-order chi connectivity index (χ0) is 31.2. The number of amides is 1. The smallest absolute Gasteiger partial charge is 0.411 e. The molecule has 2 aromatic heterocycles. The summed E-state index contributed by atoms with van der Waals surface area (Å²) in [6, 6.07) is 19.7. The van der Waals surface area contributed by atoms with Gasteiger partial charge < -0.3 is 14.0 Å². The lowest BCUT2D eigenvalue weighted by molar-refractivity contribution is 0.0614. The number of pyridine rings is 1. The molecular weight excluding hydrogens is 560 g/mol. The van der Waals surface area contributed by atoms with Crippen molar-refractivity contribution in [2.24, 2.45) is 0 Å². The van der Waals surface area contributed by atoms with E-state index < -0.39 is 23.8 Å². The van der Waals surface area contributed by atoms with E-state index in [9.17, 15) is 13.6 Å². The van der Waals surface area contributed by atoms with E-state index in [0.29, 0.717) is 31.6 Å². The van der Waals surface area contributed by atoms with Gasteiger partial charge in [0.1, 0.15) is 12.4 Å². The van der Waals surface area contributed by atoms with Gasteiger partial charge in [-0.15, -0.1) is 0 Å². The molecule has 1 aliphatic heterocycles. The number of halogens is 2.